The predicted molar refractivity (Wildman–Crippen MR) is 89.1 cm³/mol. The van der Waals surface area contributed by atoms with Gasteiger partial charge in [0, 0.05) is 24.6 Å². The molecule has 0 spiro atoms. The largest absolute Gasteiger partial charge is 0.481 e. The Morgan fingerprint density at radius 2 is 1.61 bits per heavy atom. The van der Waals surface area contributed by atoms with Crippen molar-refractivity contribution in [2.45, 2.75) is 65.5 Å². The minimum Gasteiger partial charge on any atom is -0.481 e. The molecular formula is C17H32N2O4. The fourth-order valence-electron chi connectivity index (χ4n) is 3.37. The van der Waals surface area contributed by atoms with E-state index in [9.17, 15) is 14.7 Å². The summed E-state index contributed by atoms with van der Waals surface area (Å²) in [6, 6.07) is -0.276. The number of hydrogen-bond acceptors (Lipinski definition) is 3. The van der Waals surface area contributed by atoms with Crippen molar-refractivity contribution in [3.8, 4) is 0 Å². The number of carbonyl (C=O) groups is 2. The minimum atomic E-state index is -0.740. The molecule has 1 rings (SSSR count). The molecule has 0 heterocycles. The van der Waals surface area contributed by atoms with Crippen LogP contribution >= 0.6 is 0 Å². The van der Waals surface area contributed by atoms with Gasteiger partial charge in [0.25, 0.3) is 0 Å². The molecule has 2 atom stereocenters. The third kappa shape index (κ3) is 6.01. The molecule has 0 aliphatic heterocycles. The fraction of sp³-hybridized carbons (Fsp3) is 0.882. The lowest BCUT2D eigenvalue weighted by molar-refractivity contribution is -0.142. The van der Waals surface area contributed by atoms with Crippen LogP contribution in [0.1, 0.15) is 53.4 Å². The van der Waals surface area contributed by atoms with Gasteiger partial charge in [-0.25, -0.2) is 4.79 Å². The number of carbonyl (C=O) groups excluding carboxylic acids is 1. The molecule has 4 N–H and O–H groups in total. The van der Waals surface area contributed by atoms with Crippen LogP contribution in [-0.2, 0) is 4.79 Å². The van der Waals surface area contributed by atoms with E-state index in [1.807, 2.05) is 27.7 Å². The van der Waals surface area contributed by atoms with Gasteiger partial charge in [0.1, 0.15) is 0 Å². The van der Waals surface area contributed by atoms with Crippen LogP contribution in [0.15, 0.2) is 0 Å². The standard InChI is InChI=1S/C17H32N2O4/c1-10(2)14(9-20)15(11(3)4)19-17(23)18-13-7-5-12(6-8-13)16(21)22/h10-15,20H,5-9H2,1-4H3,(H,21,22)(H2,18,19,23). The Labute approximate surface area is 139 Å². The van der Waals surface area contributed by atoms with Gasteiger partial charge in [0.2, 0.25) is 0 Å². The summed E-state index contributed by atoms with van der Waals surface area (Å²) in [4.78, 5) is 23.2. The van der Waals surface area contributed by atoms with Gasteiger partial charge in [-0.2, -0.15) is 0 Å². The third-order valence-electron chi connectivity index (χ3n) is 4.96. The average Bonchev–Trinajstić information content (AvgIpc) is 2.46. The third-order valence-corrected chi connectivity index (χ3v) is 4.96. The number of aliphatic hydroxyl groups is 1. The SMILES string of the molecule is CC(C)C(CO)C(NC(=O)NC1CCC(C(=O)O)CC1)C(C)C. The van der Waals surface area contributed by atoms with Crippen LogP contribution in [0.25, 0.3) is 0 Å². The number of aliphatic hydroxyl groups excluding tert-OH is 1. The first kappa shape index (κ1) is 19.7. The topological polar surface area (TPSA) is 98.7 Å². The van der Waals surface area contributed by atoms with E-state index in [1.165, 1.54) is 0 Å². The summed E-state index contributed by atoms with van der Waals surface area (Å²) in [5.74, 6) is -0.500. The second-order valence-electron chi connectivity index (χ2n) is 7.36. The lowest BCUT2D eigenvalue weighted by Gasteiger charge is -2.34. The average molecular weight is 328 g/mol. The highest BCUT2D eigenvalue weighted by molar-refractivity contribution is 5.75. The van der Waals surface area contributed by atoms with Crippen molar-refractivity contribution >= 4 is 12.0 Å². The summed E-state index contributed by atoms with van der Waals surface area (Å²) < 4.78 is 0. The molecule has 0 radical (unpaired) electrons. The van der Waals surface area contributed by atoms with E-state index in [2.05, 4.69) is 10.6 Å². The lowest BCUT2D eigenvalue weighted by Crippen LogP contribution is -2.52. The molecule has 0 aromatic heterocycles. The summed E-state index contributed by atoms with van der Waals surface area (Å²) in [6.45, 7) is 8.21. The summed E-state index contributed by atoms with van der Waals surface area (Å²) >= 11 is 0. The summed E-state index contributed by atoms with van der Waals surface area (Å²) in [5.41, 5.74) is 0. The molecule has 1 saturated carbocycles. The van der Waals surface area contributed by atoms with Gasteiger partial charge in [0.05, 0.1) is 5.92 Å². The molecule has 2 amide bonds. The molecule has 6 heteroatoms. The van der Waals surface area contributed by atoms with E-state index in [-0.39, 0.29) is 48.4 Å². The molecule has 1 aliphatic carbocycles. The van der Waals surface area contributed by atoms with Gasteiger partial charge in [0.15, 0.2) is 0 Å². The van der Waals surface area contributed by atoms with Crippen molar-refractivity contribution in [3.63, 3.8) is 0 Å². The van der Waals surface area contributed by atoms with E-state index in [0.717, 1.165) is 0 Å². The Bertz CT molecular complexity index is 390. The zero-order chi connectivity index (χ0) is 17.6. The maximum Gasteiger partial charge on any atom is 0.315 e. The van der Waals surface area contributed by atoms with Crippen LogP contribution < -0.4 is 10.6 Å². The van der Waals surface area contributed by atoms with Gasteiger partial charge in [-0.1, -0.05) is 27.7 Å². The molecule has 23 heavy (non-hydrogen) atoms. The van der Waals surface area contributed by atoms with Crippen LogP contribution in [-0.4, -0.2) is 40.9 Å². The Morgan fingerprint density at radius 1 is 1.04 bits per heavy atom. The normalized spacial score (nSPS) is 24.3. The van der Waals surface area contributed by atoms with Crippen LogP contribution in [0.3, 0.4) is 0 Å². The first-order valence-electron chi connectivity index (χ1n) is 8.66. The Balaban J connectivity index is 2.52. The number of aliphatic carboxylic acids is 1. The van der Waals surface area contributed by atoms with Crippen molar-refractivity contribution in [2.24, 2.45) is 23.7 Å². The van der Waals surface area contributed by atoms with E-state index in [0.29, 0.717) is 25.7 Å². The van der Waals surface area contributed by atoms with Gasteiger partial charge >= 0.3 is 12.0 Å². The van der Waals surface area contributed by atoms with Crippen molar-refractivity contribution in [1.82, 2.24) is 10.6 Å². The van der Waals surface area contributed by atoms with Crippen LogP contribution in [0.5, 0.6) is 0 Å². The second-order valence-corrected chi connectivity index (χ2v) is 7.36. The van der Waals surface area contributed by atoms with Crippen molar-refractivity contribution < 1.29 is 19.8 Å². The zero-order valence-corrected chi connectivity index (χ0v) is 14.7. The van der Waals surface area contributed by atoms with Crippen LogP contribution in [0.2, 0.25) is 0 Å². The lowest BCUT2D eigenvalue weighted by atomic mass is 9.83. The number of urea groups is 1. The minimum absolute atomic E-state index is 0.0171. The number of carboxylic acids is 1. The highest BCUT2D eigenvalue weighted by atomic mass is 16.4. The monoisotopic (exact) mass is 328 g/mol. The fourth-order valence-corrected chi connectivity index (χ4v) is 3.37. The van der Waals surface area contributed by atoms with Gasteiger partial charge < -0.3 is 20.8 Å². The molecule has 2 unspecified atom stereocenters. The smallest absolute Gasteiger partial charge is 0.315 e. The van der Waals surface area contributed by atoms with Crippen molar-refractivity contribution in [3.05, 3.63) is 0 Å². The Kier molecular flexibility index (Phi) is 7.82. The predicted octanol–water partition coefficient (Wildman–Crippen LogP) is 2.22. The molecule has 0 bridgehead atoms. The van der Waals surface area contributed by atoms with E-state index in [1.54, 1.807) is 0 Å². The second kappa shape index (κ2) is 9.11. The maximum atomic E-state index is 12.3. The molecule has 1 fully saturated rings. The van der Waals surface area contributed by atoms with Crippen molar-refractivity contribution in [2.75, 3.05) is 6.61 Å². The molecule has 0 saturated heterocycles. The zero-order valence-electron chi connectivity index (χ0n) is 14.7. The highest BCUT2D eigenvalue weighted by Crippen LogP contribution is 2.25. The van der Waals surface area contributed by atoms with Gasteiger partial charge in [-0.05, 0) is 37.5 Å². The number of nitrogens with one attached hydrogen (secondary N) is 2. The van der Waals surface area contributed by atoms with Crippen molar-refractivity contribution in [1.29, 1.82) is 0 Å². The molecule has 0 aromatic rings. The highest BCUT2D eigenvalue weighted by Gasteiger charge is 2.30. The first-order chi connectivity index (χ1) is 10.8. The maximum absolute atomic E-state index is 12.3. The van der Waals surface area contributed by atoms with E-state index in [4.69, 9.17) is 5.11 Å². The molecule has 0 aromatic carbocycles. The molecule has 1 aliphatic rings. The number of amides is 2. The van der Waals surface area contributed by atoms with E-state index < -0.39 is 5.97 Å². The summed E-state index contributed by atoms with van der Waals surface area (Å²) in [6.07, 6.45) is 2.62. The summed E-state index contributed by atoms with van der Waals surface area (Å²) in [7, 11) is 0. The number of carboxylic acid groups (broad SMARTS) is 1. The van der Waals surface area contributed by atoms with E-state index >= 15 is 0 Å². The van der Waals surface area contributed by atoms with Gasteiger partial charge in [-0.15, -0.1) is 0 Å². The summed E-state index contributed by atoms with van der Waals surface area (Å²) in [5, 5.41) is 24.6. The number of rotatable bonds is 7. The number of hydrogen-bond donors (Lipinski definition) is 4. The molecule has 134 valence electrons. The van der Waals surface area contributed by atoms with Crippen LogP contribution in [0.4, 0.5) is 4.79 Å². The van der Waals surface area contributed by atoms with Gasteiger partial charge in [-0.3, -0.25) is 4.79 Å². The Hall–Kier alpha value is -1.30. The molecule has 6 nitrogen and oxygen atoms in total. The quantitative estimate of drug-likeness (QED) is 0.576. The first-order valence-corrected chi connectivity index (χ1v) is 8.66. The van der Waals surface area contributed by atoms with Crippen LogP contribution in [0, 0.1) is 23.7 Å². The molecular weight excluding hydrogens is 296 g/mol. The Morgan fingerprint density at radius 3 is 2.00 bits per heavy atom.